The summed E-state index contributed by atoms with van der Waals surface area (Å²) in [6.45, 7) is 2.61. The molecule has 15 heteroatoms. The molecule has 0 aromatic heterocycles. The van der Waals surface area contributed by atoms with Crippen molar-refractivity contribution in [2.45, 2.75) is 268 Å². The van der Waals surface area contributed by atoms with E-state index in [1.54, 1.807) is 0 Å². The molecule has 0 aliphatic carbocycles. The third-order valence-corrected chi connectivity index (χ3v) is 12.3. The van der Waals surface area contributed by atoms with E-state index in [0.29, 0.717) is 12.8 Å². The molecule has 11 atom stereocenters. The van der Waals surface area contributed by atoms with Crippen molar-refractivity contribution in [2.24, 2.45) is 0 Å². The predicted molar refractivity (Wildman–Crippen MR) is 238 cm³/mol. The van der Waals surface area contributed by atoms with Gasteiger partial charge in [-0.05, 0) is 12.8 Å². The van der Waals surface area contributed by atoms with Gasteiger partial charge in [0.05, 0.1) is 19.8 Å². The van der Waals surface area contributed by atoms with Gasteiger partial charge in [-0.15, -0.1) is 0 Å². The van der Waals surface area contributed by atoms with Crippen LogP contribution in [0.15, 0.2) is 0 Å². The Balaban J connectivity index is 1.81. The quantitative estimate of drug-likeness (QED) is 0.0260. The van der Waals surface area contributed by atoms with Gasteiger partial charge < -0.3 is 64.2 Å². The van der Waals surface area contributed by atoms with Crippen LogP contribution < -0.4 is 0 Å². The number of carbonyl (C=O) groups is 2. The lowest BCUT2D eigenvalue weighted by Gasteiger charge is -2.42. The monoisotopic (exact) mass is 907 g/mol. The lowest BCUT2D eigenvalue weighted by atomic mass is 9.98. The van der Waals surface area contributed by atoms with Crippen LogP contribution in [0.1, 0.15) is 200 Å². The molecular weight excluding hydrogens is 817 g/mol. The first kappa shape index (κ1) is 57.6. The molecule has 15 nitrogen and oxygen atoms in total. The highest BCUT2D eigenvalue weighted by Gasteiger charge is 2.47. The number of esters is 2. The summed E-state index contributed by atoms with van der Waals surface area (Å²) in [6, 6.07) is 0. The molecule has 0 bridgehead atoms. The van der Waals surface area contributed by atoms with E-state index in [4.69, 9.17) is 28.4 Å². The third-order valence-electron chi connectivity index (χ3n) is 12.3. The van der Waals surface area contributed by atoms with Crippen LogP contribution in [0.25, 0.3) is 0 Å². The van der Waals surface area contributed by atoms with Crippen molar-refractivity contribution >= 4 is 11.9 Å². The second kappa shape index (κ2) is 36.6. The van der Waals surface area contributed by atoms with Gasteiger partial charge in [-0.25, -0.2) is 0 Å². The van der Waals surface area contributed by atoms with Crippen LogP contribution >= 0.6 is 0 Å². The van der Waals surface area contributed by atoms with Crippen LogP contribution in [0, 0.1) is 0 Å². The zero-order valence-electron chi connectivity index (χ0n) is 39.1. The lowest BCUT2D eigenvalue weighted by Crippen LogP contribution is -2.61. The molecule has 2 heterocycles. The van der Waals surface area contributed by atoms with Crippen LogP contribution in [-0.2, 0) is 38.0 Å². The zero-order chi connectivity index (χ0) is 46.1. The maximum Gasteiger partial charge on any atom is 0.306 e. The molecule has 2 aliphatic heterocycles. The van der Waals surface area contributed by atoms with Crippen molar-refractivity contribution in [2.75, 3.05) is 26.4 Å². The standard InChI is InChI=1S/C48H90O15/c1-3-5-7-9-11-13-15-17-18-19-21-22-24-26-28-30-39(50)58-33-36(61-40(51)31-29-27-25-23-20-16-14-12-10-8-6-4-2)34-59-47-46(57)44(55)42(53)38(63-47)35-60-48-45(56)43(54)41(52)37(32-49)62-48/h36-38,41-49,52-57H,3-35H2,1-2H3/t36-,37-,38-,41+,42+,43?,44?,45?,46?,47-,48-/m1/s1. The highest BCUT2D eigenvalue weighted by atomic mass is 16.7. The van der Waals surface area contributed by atoms with E-state index in [0.717, 1.165) is 38.5 Å². The normalized spacial score (nSPS) is 26.7. The van der Waals surface area contributed by atoms with Crippen molar-refractivity contribution in [1.29, 1.82) is 0 Å². The Labute approximate surface area is 378 Å². The fourth-order valence-electron chi connectivity index (χ4n) is 8.16. The molecule has 2 saturated heterocycles. The molecule has 7 N–H and O–H groups in total. The fraction of sp³-hybridized carbons (Fsp3) is 0.958. The van der Waals surface area contributed by atoms with Gasteiger partial charge in [-0.3, -0.25) is 9.59 Å². The largest absolute Gasteiger partial charge is 0.462 e. The lowest BCUT2D eigenvalue weighted by molar-refractivity contribution is -0.332. The van der Waals surface area contributed by atoms with E-state index >= 15 is 0 Å². The van der Waals surface area contributed by atoms with Gasteiger partial charge in [-0.2, -0.15) is 0 Å². The van der Waals surface area contributed by atoms with E-state index in [2.05, 4.69) is 13.8 Å². The summed E-state index contributed by atoms with van der Waals surface area (Å²) in [4.78, 5) is 25.7. The van der Waals surface area contributed by atoms with Crippen LogP contribution in [0.4, 0.5) is 0 Å². The molecule has 0 spiro atoms. The Morgan fingerprint density at radius 1 is 0.444 bits per heavy atom. The number of aliphatic hydroxyl groups is 7. The van der Waals surface area contributed by atoms with Gasteiger partial charge in [0, 0.05) is 12.8 Å². The molecule has 2 aliphatic rings. The van der Waals surface area contributed by atoms with Crippen LogP contribution in [0.5, 0.6) is 0 Å². The second-order valence-electron chi connectivity index (χ2n) is 18.0. The van der Waals surface area contributed by atoms with Crippen molar-refractivity contribution in [3.8, 4) is 0 Å². The average Bonchev–Trinajstić information content (AvgIpc) is 3.28. The summed E-state index contributed by atoms with van der Waals surface area (Å²) < 4.78 is 33.5. The third kappa shape index (κ3) is 25.3. The molecule has 4 unspecified atom stereocenters. The van der Waals surface area contributed by atoms with E-state index in [9.17, 15) is 45.3 Å². The number of hydrogen-bond acceptors (Lipinski definition) is 15. The number of ether oxygens (including phenoxy) is 6. The second-order valence-corrected chi connectivity index (χ2v) is 18.0. The fourth-order valence-corrected chi connectivity index (χ4v) is 8.16. The molecule has 0 aromatic rings. The topological polar surface area (TPSA) is 231 Å². The number of hydrogen-bond donors (Lipinski definition) is 7. The Kier molecular flexibility index (Phi) is 33.5. The van der Waals surface area contributed by atoms with Gasteiger partial charge in [0.2, 0.25) is 0 Å². The van der Waals surface area contributed by atoms with Crippen molar-refractivity contribution in [3.05, 3.63) is 0 Å². The summed E-state index contributed by atoms with van der Waals surface area (Å²) in [5.74, 6) is -0.912. The molecule has 0 saturated carbocycles. The van der Waals surface area contributed by atoms with Crippen LogP contribution in [-0.4, -0.2) is 142 Å². The Morgan fingerprint density at radius 2 is 0.810 bits per heavy atom. The minimum absolute atomic E-state index is 0.172. The number of unbranched alkanes of at least 4 members (excludes halogenated alkanes) is 25. The van der Waals surface area contributed by atoms with E-state index in [1.807, 2.05) is 0 Å². The van der Waals surface area contributed by atoms with Crippen LogP contribution in [0.2, 0.25) is 0 Å². The molecule has 2 rings (SSSR count). The summed E-state index contributed by atoms with van der Waals surface area (Å²) >= 11 is 0. The first-order valence-corrected chi connectivity index (χ1v) is 25.1. The minimum atomic E-state index is -1.76. The summed E-state index contributed by atoms with van der Waals surface area (Å²) in [7, 11) is 0. The van der Waals surface area contributed by atoms with E-state index < -0.39 is 92.7 Å². The summed E-state index contributed by atoms with van der Waals surface area (Å²) in [5.41, 5.74) is 0. The van der Waals surface area contributed by atoms with Crippen molar-refractivity contribution < 1.29 is 73.8 Å². The molecule has 372 valence electrons. The molecule has 63 heavy (non-hydrogen) atoms. The van der Waals surface area contributed by atoms with Gasteiger partial charge in [0.25, 0.3) is 0 Å². The average molecular weight is 907 g/mol. The van der Waals surface area contributed by atoms with Crippen LogP contribution in [0.3, 0.4) is 0 Å². The highest BCUT2D eigenvalue weighted by molar-refractivity contribution is 5.70. The number of rotatable bonds is 39. The van der Waals surface area contributed by atoms with Crippen molar-refractivity contribution in [3.63, 3.8) is 0 Å². The summed E-state index contributed by atoms with van der Waals surface area (Å²) in [6.07, 6.45) is 15.6. The van der Waals surface area contributed by atoms with Crippen molar-refractivity contribution in [1.82, 2.24) is 0 Å². The number of aliphatic hydroxyl groups excluding tert-OH is 7. The van der Waals surface area contributed by atoms with Gasteiger partial charge in [0.1, 0.15) is 55.4 Å². The van der Waals surface area contributed by atoms with E-state index in [-0.39, 0.29) is 26.1 Å². The Morgan fingerprint density at radius 3 is 1.24 bits per heavy atom. The predicted octanol–water partition coefficient (Wildman–Crippen LogP) is 6.43. The molecule has 0 aromatic carbocycles. The molecular formula is C48H90O15. The first-order chi connectivity index (χ1) is 30.5. The molecule has 0 amide bonds. The first-order valence-electron chi connectivity index (χ1n) is 25.1. The Bertz CT molecular complexity index is 1110. The van der Waals surface area contributed by atoms with E-state index in [1.165, 1.54) is 122 Å². The Hall–Kier alpha value is -1.50. The highest BCUT2D eigenvalue weighted by Crippen LogP contribution is 2.26. The zero-order valence-corrected chi connectivity index (χ0v) is 39.1. The van der Waals surface area contributed by atoms with Gasteiger partial charge >= 0.3 is 11.9 Å². The molecule has 2 fully saturated rings. The molecule has 0 radical (unpaired) electrons. The van der Waals surface area contributed by atoms with Gasteiger partial charge in [-0.1, -0.05) is 174 Å². The number of carbonyl (C=O) groups excluding carboxylic acids is 2. The summed E-state index contributed by atoms with van der Waals surface area (Å²) in [5, 5.41) is 72.0. The smallest absolute Gasteiger partial charge is 0.306 e. The maximum atomic E-state index is 13.0. The minimum Gasteiger partial charge on any atom is -0.462 e. The maximum absolute atomic E-state index is 13.0. The SMILES string of the molecule is CCCCCCCCCCCCCCCCCC(=O)OC[C@H](CO[C@@H]1O[C@H](CO[C@@H]2O[C@H](CO)[C@H](O)C(O)C2O)[C@H](O)C(O)C1O)OC(=O)CCCCCCCCCCCCCC. The van der Waals surface area contributed by atoms with Gasteiger partial charge in [0.15, 0.2) is 18.7 Å².